The van der Waals surface area contributed by atoms with Crippen LogP contribution in [0.1, 0.15) is 53.3 Å². The number of nitrogens with two attached hydrogens (primary N) is 1. The number of nitrogen functional groups attached to an aromatic ring is 1. The fourth-order valence-electron chi connectivity index (χ4n) is 2.85. The molecule has 1 aromatic carbocycles. The largest absolute Gasteiger partial charge is 0.486 e. The van der Waals surface area contributed by atoms with Crippen LogP contribution >= 0.6 is 23.1 Å². The number of hydrogen-bond donors (Lipinski definition) is 2. The first-order chi connectivity index (χ1) is 15.8. The van der Waals surface area contributed by atoms with Gasteiger partial charge in [0.2, 0.25) is 11.1 Å². The van der Waals surface area contributed by atoms with Crippen molar-refractivity contribution in [2.75, 3.05) is 23.5 Å². The molecular formula is C22H27N5O4S2. The van der Waals surface area contributed by atoms with Crippen molar-refractivity contribution < 1.29 is 19.1 Å². The number of hydrogen-bond acceptors (Lipinski definition) is 9. The topological polar surface area (TPSA) is 121 Å². The van der Waals surface area contributed by atoms with Gasteiger partial charge in [-0.1, -0.05) is 37.7 Å². The summed E-state index contributed by atoms with van der Waals surface area (Å²) in [5.74, 6) is 7.11. The number of ether oxygens (including phenoxy) is 2. The van der Waals surface area contributed by atoms with Gasteiger partial charge < -0.3 is 20.6 Å². The lowest BCUT2D eigenvalue weighted by Crippen LogP contribution is -2.17. The maximum absolute atomic E-state index is 12.3. The minimum Gasteiger partial charge on any atom is -0.486 e. The van der Waals surface area contributed by atoms with Gasteiger partial charge in [0.05, 0.1) is 17.4 Å². The minimum atomic E-state index is -0.392. The van der Waals surface area contributed by atoms with Crippen LogP contribution in [0.4, 0.5) is 5.00 Å². The maximum atomic E-state index is 12.3. The quantitative estimate of drug-likeness (QED) is 0.249. The molecule has 2 heterocycles. The first kappa shape index (κ1) is 24.6. The normalized spacial score (nSPS) is 10.9. The number of carbonyl (C=O) groups is 2. The van der Waals surface area contributed by atoms with Gasteiger partial charge in [-0.3, -0.25) is 4.79 Å². The SMILES string of the molecule is CCOC(=O)c1sc(NC(=O)CSc2nnc(COc3ccc(C(C)C)cc3)n2N)cc1C. The third-order valence-corrected chi connectivity index (χ3v) is 6.70. The molecule has 0 bridgehead atoms. The summed E-state index contributed by atoms with van der Waals surface area (Å²) in [5, 5.41) is 11.8. The molecule has 0 saturated carbocycles. The van der Waals surface area contributed by atoms with Crippen LogP contribution in [0.5, 0.6) is 5.75 Å². The highest BCUT2D eigenvalue weighted by molar-refractivity contribution is 7.99. The van der Waals surface area contributed by atoms with E-state index in [9.17, 15) is 9.59 Å². The lowest BCUT2D eigenvalue weighted by molar-refractivity contribution is -0.113. The Labute approximate surface area is 200 Å². The van der Waals surface area contributed by atoms with E-state index in [0.717, 1.165) is 17.3 Å². The summed E-state index contributed by atoms with van der Waals surface area (Å²) in [6.07, 6.45) is 0. The lowest BCUT2D eigenvalue weighted by Gasteiger charge is -2.09. The third kappa shape index (κ3) is 6.48. The summed E-state index contributed by atoms with van der Waals surface area (Å²) in [7, 11) is 0. The smallest absolute Gasteiger partial charge is 0.348 e. The number of amides is 1. The van der Waals surface area contributed by atoms with E-state index in [2.05, 4.69) is 29.4 Å². The second-order valence-corrected chi connectivity index (χ2v) is 9.46. The molecule has 11 heteroatoms. The van der Waals surface area contributed by atoms with E-state index in [1.165, 1.54) is 21.6 Å². The fourth-order valence-corrected chi connectivity index (χ4v) is 4.51. The number of aryl methyl sites for hydroxylation is 1. The van der Waals surface area contributed by atoms with Crippen molar-refractivity contribution in [2.45, 2.75) is 45.4 Å². The predicted octanol–water partition coefficient (Wildman–Crippen LogP) is 3.97. The summed E-state index contributed by atoms with van der Waals surface area (Å²) in [4.78, 5) is 24.7. The lowest BCUT2D eigenvalue weighted by atomic mass is 10.0. The van der Waals surface area contributed by atoms with Crippen LogP contribution in [-0.2, 0) is 16.1 Å². The van der Waals surface area contributed by atoms with Gasteiger partial charge in [-0.2, -0.15) is 0 Å². The molecule has 0 aliphatic carbocycles. The number of nitrogens with zero attached hydrogens (tertiary/aromatic N) is 3. The maximum Gasteiger partial charge on any atom is 0.348 e. The number of carbonyl (C=O) groups excluding carboxylic acids is 2. The molecule has 2 aromatic heterocycles. The molecule has 0 unspecified atom stereocenters. The monoisotopic (exact) mass is 489 g/mol. The highest BCUT2D eigenvalue weighted by Gasteiger charge is 2.17. The summed E-state index contributed by atoms with van der Waals surface area (Å²) < 4.78 is 12.1. The predicted molar refractivity (Wildman–Crippen MR) is 129 cm³/mol. The number of nitrogens with one attached hydrogen (secondary N) is 1. The van der Waals surface area contributed by atoms with Gasteiger partial charge in [0.1, 0.15) is 17.2 Å². The molecule has 0 aliphatic rings. The number of thioether (sulfide) groups is 1. The Morgan fingerprint density at radius 3 is 2.64 bits per heavy atom. The molecule has 1 amide bonds. The first-order valence-corrected chi connectivity index (χ1v) is 12.2. The van der Waals surface area contributed by atoms with Crippen molar-refractivity contribution in [3.05, 3.63) is 52.2 Å². The molecule has 0 fully saturated rings. The molecule has 3 N–H and O–H groups in total. The van der Waals surface area contributed by atoms with Gasteiger partial charge in [-0.25, -0.2) is 9.47 Å². The highest BCUT2D eigenvalue weighted by Crippen LogP contribution is 2.28. The molecule has 3 rings (SSSR count). The molecule has 0 radical (unpaired) electrons. The average Bonchev–Trinajstić information content (AvgIpc) is 3.32. The van der Waals surface area contributed by atoms with Crippen molar-refractivity contribution in [3.8, 4) is 5.75 Å². The van der Waals surface area contributed by atoms with Crippen LogP contribution in [0.15, 0.2) is 35.5 Å². The Kier molecular flexibility index (Phi) is 8.34. The van der Waals surface area contributed by atoms with Gasteiger partial charge in [0.15, 0.2) is 5.82 Å². The van der Waals surface area contributed by atoms with Crippen LogP contribution in [0.2, 0.25) is 0 Å². The zero-order chi connectivity index (χ0) is 24.0. The Hall–Kier alpha value is -3.05. The molecule has 176 valence electrons. The Morgan fingerprint density at radius 1 is 1.24 bits per heavy atom. The molecule has 3 aromatic rings. The number of anilines is 1. The van der Waals surface area contributed by atoms with E-state index in [1.807, 2.05) is 24.3 Å². The third-order valence-electron chi connectivity index (χ3n) is 4.62. The molecular weight excluding hydrogens is 462 g/mol. The minimum absolute atomic E-state index is 0.0819. The van der Waals surface area contributed by atoms with E-state index in [0.29, 0.717) is 39.1 Å². The number of aromatic nitrogens is 3. The zero-order valence-electron chi connectivity index (χ0n) is 19.0. The zero-order valence-corrected chi connectivity index (χ0v) is 20.6. The van der Waals surface area contributed by atoms with Crippen molar-refractivity contribution in [1.82, 2.24) is 14.9 Å². The summed E-state index contributed by atoms with van der Waals surface area (Å²) in [5.41, 5.74) is 1.99. The van der Waals surface area contributed by atoms with Crippen LogP contribution in [0.25, 0.3) is 0 Å². The number of thiophene rings is 1. The van der Waals surface area contributed by atoms with Crippen LogP contribution in [-0.4, -0.2) is 39.1 Å². The number of benzene rings is 1. The van der Waals surface area contributed by atoms with Crippen molar-refractivity contribution >= 4 is 40.0 Å². The van der Waals surface area contributed by atoms with E-state index < -0.39 is 5.97 Å². The highest BCUT2D eigenvalue weighted by atomic mass is 32.2. The Balaban J connectivity index is 1.51. The average molecular weight is 490 g/mol. The Bertz CT molecular complexity index is 1110. The van der Waals surface area contributed by atoms with Gasteiger partial charge in [-0.05, 0) is 49.1 Å². The molecule has 9 nitrogen and oxygen atoms in total. The second kappa shape index (κ2) is 11.2. The number of esters is 1. The van der Waals surface area contributed by atoms with Gasteiger partial charge in [0.25, 0.3) is 0 Å². The second-order valence-electron chi connectivity index (χ2n) is 7.46. The van der Waals surface area contributed by atoms with E-state index in [1.54, 1.807) is 19.9 Å². The summed E-state index contributed by atoms with van der Waals surface area (Å²) in [6.45, 7) is 8.27. The van der Waals surface area contributed by atoms with Crippen molar-refractivity contribution in [2.24, 2.45) is 0 Å². The number of rotatable bonds is 10. The van der Waals surface area contributed by atoms with Crippen LogP contribution in [0, 0.1) is 6.92 Å². The molecule has 0 saturated heterocycles. The van der Waals surface area contributed by atoms with Crippen LogP contribution < -0.4 is 15.9 Å². The van der Waals surface area contributed by atoms with Crippen molar-refractivity contribution in [3.63, 3.8) is 0 Å². The molecule has 0 aliphatic heterocycles. The van der Waals surface area contributed by atoms with Crippen LogP contribution in [0.3, 0.4) is 0 Å². The van der Waals surface area contributed by atoms with Crippen molar-refractivity contribution in [1.29, 1.82) is 0 Å². The summed E-state index contributed by atoms with van der Waals surface area (Å²) in [6, 6.07) is 9.61. The van der Waals surface area contributed by atoms with Gasteiger partial charge in [0, 0.05) is 0 Å². The standard InChI is InChI=1S/C22H27N5O4S2/c1-5-30-21(29)20-14(4)10-19(33-20)24-18(28)12-32-22-26-25-17(27(22)23)11-31-16-8-6-15(7-9-16)13(2)3/h6-10,13H,5,11-12,23H2,1-4H3,(H,24,28). The van der Waals surface area contributed by atoms with Gasteiger partial charge in [-0.15, -0.1) is 21.5 Å². The fraction of sp³-hybridized carbons (Fsp3) is 0.364. The van der Waals surface area contributed by atoms with E-state index >= 15 is 0 Å². The molecule has 0 spiro atoms. The molecule has 0 atom stereocenters. The summed E-state index contributed by atoms with van der Waals surface area (Å²) >= 11 is 2.34. The van der Waals surface area contributed by atoms with E-state index in [4.69, 9.17) is 15.3 Å². The first-order valence-electron chi connectivity index (χ1n) is 10.4. The van der Waals surface area contributed by atoms with Gasteiger partial charge >= 0.3 is 5.97 Å². The Morgan fingerprint density at radius 2 is 1.97 bits per heavy atom. The van der Waals surface area contributed by atoms with E-state index in [-0.39, 0.29) is 18.3 Å². The molecule has 33 heavy (non-hydrogen) atoms.